The minimum atomic E-state index is -1.04. The third-order valence-corrected chi connectivity index (χ3v) is 5.78. The van der Waals surface area contributed by atoms with Gasteiger partial charge in [-0.1, -0.05) is 60.1 Å². The van der Waals surface area contributed by atoms with Gasteiger partial charge in [0.25, 0.3) is 0 Å². The zero-order chi connectivity index (χ0) is 23.3. The van der Waals surface area contributed by atoms with E-state index in [1.807, 2.05) is 19.1 Å². The summed E-state index contributed by atoms with van der Waals surface area (Å²) in [5, 5.41) is 19.4. The van der Waals surface area contributed by atoms with Crippen molar-refractivity contribution in [2.24, 2.45) is 5.92 Å². The average Bonchev–Trinajstić information content (AvgIpc) is 2.75. The maximum atomic E-state index is 13.1. The van der Waals surface area contributed by atoms with E-state index in [-0.39, 0.29) is 24.2 Å². The maximum absolute atomic E-state index is 13.1. The van der Waals surface area contributed by atoms with E-state index in [9.17, 15) is 24.6 Å². The van der Waals surface area contributed by atoms with Gasteiger partial charge >= 0.3 is 11.9 Å². The van der Waals surface area contributed by atoms with Crippen molar-refractivity contribution in [3.8, 4) is 11.1 Å². The number of hydrogen-bond acceptors (Lipinski definition) is 3. The normalized spacial score (nSPS) is 11.7. The Labute approximate surface area is 191 Å². The van der Waals surface area contributed by atoms with Crippen molar-refractivity contribution < 1.29 is 24.6 Å². The highest BCUT2D eigenvalue weighted by molar-refractivity contribution is 6.31. The van der Waals surface area contributed by atoms with Crippen molar-refractivity contribution in [2.75, 3.05) is 0 Å². The van der Waals surface area contributed by atoms with Gasteiger partial charge in [-0.05, 0) is 59.7 Å². The van der Waals surface area contributed by atoms with E-state index in [2.05, 4.69) is 0 Å². The first-order valence-corrected chi connectivity index (χ1v) is 10.6. The molecule has 2 N–H and O–H groups in total. The van der Waals surface area contributed by atoms with Gasteiger partial charge in [0, 0.05) is 23.4 Å². The van der Waals surface area contributed by atoms with Gasteiger partial charge in [0.05, 0.1) is 5.56 Å². The van der Waals surface area contributed by atoms with E-state index in [0.29, 0.717) is 28.1 Å². The molecular formula is C26H23ClO5. The molecule has 0 saturated carbocycles. The number of ketones is 1. The van der Waals surface area contributed by atoms with Gasteiger partial charge in [0.15, 0.2) is 5.78 Å². The van der Waals surface area contributed by atoms with Crippen molar-refractivity contribution in [3.63, 3.8) is 0 Å². The lowest BCUT2D eigenvalue weighted by Gasteiger charge is -2.16. The summed E-state index contributed by atoms with van der Waals surface area (Å²) in [5.74, 6) is -2.64. The third kappa shape index (κ3) is 5.62. The standard InChI is InChI=1S/C26H23ClO5/c1-16-10-11-19(15-22(16)20-7-3-4-8-21(20)26(31)32)24(28)13-17(14-25(29)30)12-18-6-2-5-9-23(18)27/h2-11,15,17H,12-14H2,1H3,(H,29,30)(H,31,32)/t17-/m0/s1. The molecule has 0 aliphatic heterocycles. The molecule has 0 spiro atoms. The predicted octanol–water partition coefficient (Wildman–Crippen LogP) is 5.92. The van der Waals surface area contributed by atoms with Crippen LogP contribution in [0.2, 0.25) is 5.02 Å². The highest BCUT2D eigenvalue weighted by Gasteiger charge is 2.21. The number of benzene rings is 3. The minimum absolute atomic E-state index is 0.0423. The second-order valence-corrected chi connectivity index (χ2v) is 8.17. The van der Waals surface area contributed by atoms with E-state index in [4.69, 9.17) is 11.6 Å². The van der Waals surface area contributed by atoms with Crippen LogP contribution in [-0.2, 0) is 11.2 Å². The van der Waals surface area contributed by atoms with Crippen LogP contribution in [-0.4, -0.2) is 27.9 Å². The summed E-state index contributed by atoms with van der Waals surface area (Å²) < 4.78 is 0. The molecule has 0 aromatic heterocycles. The number of halogens is 1. The number of aryl methyl sites for hydroxylation is 1. The first-order valence-electron chi connectivity index (χ1n) is 10.2. The number of carboxylic acid groups (broad SMARTS) is 2. The van der Waals surface area contributed by atoms with Gasteiger partial charge in [0.1, 0.15) is 0 Å². The average molecular weight is 451 g/mol. The molecule has 0 aliphatic carbocycles. The van der Waals surface area contributed by atoms with Crippen molar-refractivity contribution >= 4 is 29.3 Å². The molecular weight excluding hydrogens is 428 g/mol. The monoisotopic (exact) mass is 450 g/mol. The molecule has 32 heavy (non-hydrogen) atoms. The molecule has 0 aliphatic rings. The first kappa shape index (κ1) is 23.2. The van der Waals surface area contributed by atoms with E-state index in [1.54, 1.807) is 48.5 Å². The number of carbonyl (C=O) groups excluding carboxylic acids is 1. The number of hydrogen-bond donors (Lipinski definition) is 2. The molecule has 164 valence electrons. The lowest BCUT2D eigenvalue weighted by atomic mass is 9.88. The van der Waals surface area contributed by atoms with Crippen molar-refractivity contribution in [1.29, 1.82) is 0 Å². The number of aromatic carboxylic acids is 1. The molecule has 0 unspecified atom stereocenters. The molecule has 5 nitrogen and oxygen atoms in total. The highest BCUT2D eigenvalue weighted by Crippen LogP contribution is 2.30. The Hall–Kier alpha value is -3.44. The van der Waals surface area contributed by atoms with Crippen molar-refractivity contribution in [1.82, 2.24) is 0 Å². The summed E-state index contributed by atoms with van der Waals surface area (Å²) in [6, 6.07) is 19.0. The highest BCUT2D eigenvalue weighted by atomic mass is 35.5. The molecule has 0 amide bonds. The number of aliphatic carboxylic acids is 1. The zero-order valence-electron chi connectivity index (χ0n) is 17.5. The van der Waals surface area contributed by atoms with Crippen LogP contribution in [0.1, 0.15) is 44.7 Å². The Balaban J connectivity index is 1.89. The SMILES string of the molecule is Cc1ccc(C(=O)C[C@@H](CC(=O)O)Cc2ccccc2Cl)cc1-c1ccccc1C(=O)O. The van der Waals surface area contributed by atoms with Crippen LogP contribution in [0.5, 0.6) is 0 Å². The van der Waals surface area contributed by atoms with Gasteiger partial charge in [-0.25, -0.2) is 4.79 Å². The topological polar surface area (TPSA) is 91.7 Å². The molecule has 6 heteroatoms. The van der Waals surface area contributed by atoms with Crippen LogP contribution in [0.25, 0.3) is 11.1 Å². The van der Waals surface area contributed by atoms with Crippen LogP contribution in [0, 0.1) is 12.8 Å². The molecule has 0 bridgehead atoms. The summed E-state index contributed by atoms with van der Waals surface area (Å²) in [4.78, 5) is 36.1. The number of carboxylic acids is 2. The number of rotatable bonds is 9. The van der Waals surface area contributed by atoms with E-state index in [1.165, 1.54) is 6.07 Å². The summed E-state index contributed by atoms with van der Waals surface area (Å²) in [7, 11) is 0. The van der Waals surface area contributed by atoms with E-state index >= 15 is 0 Å². The lowest BCUT2D eigenvalue weighted by molar-refractivity contribution is -0.138. The summed E-state index contributed by atoms with van der Waals surface area (Å²) in [6.07, 6.45) is 0.260. The van der Waals surface area contributed by atoms with E-state index in [0.717, 1.165) is 11.1 Å². The maximum Gasteiger partial charge on any atom is 0.336 e. The zero-order valence-corrected chi connectivity index (χ0v) is 18.3. The molecule has 0 saturated heterocycles. The van der Waals surface area contributed by atoms with Gasteiger partial charge in [-0.3, -0.25) is 9.59 Å². The Morgan fingerprint density at radius 1 is 0.875 bits per heavy atom. The largest absolute Gasteiger partial charge is 0.481 e. The Morgan fingerprint density at radius 3 is 2.25 bits per heavy atom. The van der Waals surface area contributed by atoms with Crippen molar-refractivity contribution in [3.05, 3.63) is 94.0 Å². The van der Waals surface area contributed by atoms with E-state index < -0.39 is 17.9 Å². The first-order chi connectivity index (χ1) is 15.3. The van der Waals surface area contributed by atoms with Gasteiger partial charge in [-0.2, -0.15) is 0 Å². The fourth-order valence-corrected chi connectivity index (χ4v) is 4.02. The molecule has 3 aromatic carbocycles. The van der Waals surface area contributed by atoms with Crippen LogP contribution < -0.4 is 0 Å². The van der Waals surface area contributed by atoms with Crippen LogP contribution in [0.3, 0.4) is 0 Å². The fraction of sp³-hybridized carbons (Fsp3) is 0.192. The third-order valence-electron chi connectivity index (χ3n) is 5.41. The molecule has 1 atom stereocenters. The summed E-state index contributed by atoms with van der Waals surface area (Å²) in [5.41, 5.74) is 3.41. The van der Waals surface area contributed by atoms with Gasteiger partial charge in [0.2, 0.25) is 0 Å². The Bertz CT molecular complexity index is 1170. The molecule has 0 heterocycles. The predicted molar refractivity (Wildman–Crippen MR) is 123 cm³/mol. The molecule has 0 radical (unpaired) electrons. The van der Waals surface area contributed by atoms with Crippen LogP contribution >= 0.6 is 11.6 Å². The summed E-state index contributed by atoms with van der Waals surface area (Å²) in [6.45, 7) is 1.85. The Morgan fingerprint density at radius 2 is 1.56 bits per heavy atom. The summed E-state index contributed by atoms with van der Waals surface area (Å²) >= 11 is 6.22. The smallest absolute Gasteiger partial charge is 0.336 e. The van der Waals surface area contributed by atoms with Crippen LogP contribution in [0.4, 0.5) is 0 Å². The lowest BCUT2D eigenvalue weighted by Crippen LogP contribution is -2.16. The van der Waals surface area contributed by atoms with Gasteiger partial charge < -0.3 is 10.2 Å². The van der Waals surface area contributed by atoms with Gasteiger partial charge in [-0.15, -0.1) is 0 Å². The molecule has 3 rings (SSSR count). The second kappa shape index (κ2) is 10.2. The van der Waals surface area contributed by atoms with Crippen molar-refractivity contribution in [2.45, 2.75) is 26.2 Å². The minimum Gasteiger partial charge on any atom is -0.481 e. The molecule has 3 aromatic rings. The second-order valence-electron chi connectivity index (χ2n) is 7.77. The quantitative estimate of drug-likeness (QED) is 0.395. The fourth-order valence-electron chi connectivity index (χ4n) is 3.81. The Kier molecular flexibility index (Phi) is 7.44. The molecule has 0 fully saturated rings. The number of carbonyl (C=O) groups is 3. The number of Topliss-reactive ketones (excluding diaryl/α,β-unsaturated/α-hetero) is 1. The van der Waals surface area contributed by atoms with Crippen LogP contribution in [0.15, 0.2) is 66.7 Å².